The van der Waals surface area contributed by atoms with Crippen molar-refractivity contribution in [3.63, 3.8) is 0 Å². The van der Waals surface area contributed by atoms with Gasteiger partial charge in [-0.25, -0.2) is 13.2 Å². The van der Waals surface area contributed by atoms with E-state index in [4.69, 9.17) is 0 Å². The Balaban J connectivity index is 2.21. The molecule has 0 fully saturated rings. The van der Waals surface area contributed by atoms with Gasteiger partial charge in [-0.05, 0) is 43.0 Å². The number of hydrogen-bond donors (Lipinski definition) is 2. The fourth-order valence-electron chi connectivity index (χ4n) is 2.29. The van der Waals surface area contributed by atoms with Gasteiger partial charge >= 0.3 is 5.97 Å². The fourth-order valence-corrected chi connectivity index (χ4v) is 2.97. The van der Waals surface area contributed by atoms with Crippen LogP contribution in [0.2, 0.25) is 0 Å². The molecule has 0 amide bonds. The number of para-hydroxylation sites is 1. The van der Waals surface area contributed by atoms with Crippen LogP contribution < -0.4 is 4.72 Å². The number of aromatic carboxylic acids is 1. The van der Waals surface area contributed by atoms with Crippen LogP contribution in [-0.4, -0.2) is 25.2 Å². The van der Waals surface area contributed by atoms with Crippen LogP contribution >= 0.6 is 0 Å². The molecule has 0 aliphatic carbocycles. The van der Waals surface area contributed by atoms with Gasteiger partial charge in [0.05, 0.1) is 17.0 Å². The molecule has 6 heteroatoms. The molecule has 0 heterocycles. The van der Waals surface area contributed by atoms with Gasteiger partial charge in [0.1, 0.15) is 0 Å². The Labute approximate surface area is 136 Å². The van der Waals surface area contributed by atoms with E-state index < -0.39 is 16.0 Å². The van der Waals surface area contributed by atoms with Gasteiger partial charge in [-0.15, -0.1) is 0 Å². The summed E-state index contributed by atoms with van der Waals surface area (Å²) >= 11 is 0. The molecule has 2 aromatic rings. The van der Waals surface area contributed by atoms with Crippen molar-refractivity contribution in [2.24, 2.45) is 0 Å². The van der Waals surface area contributed by atoms with Gasteiger partial charge in [0.15, 0.2) is 0 Å². The van der Waals surface area contributed by atoms with Crippen LogP contribution in [0.5, 0.6) is 0 Å². The van der Waals surface area contributed by atoms with Crippen LogP contribution in [-0.2, 0) is 22.9 Å². The Hall–Kier alpha value is -2.34. The molecule has 0 atom stereocenters. The van der Waals surface area contributed by atoms with E-state index in [1.165, 1.54) is 0 Å². The smallest absolute Gasteiger partial charge is 0.335 e. The lowest BCUT2D eigenvalue weighted by atomic mass is 9.99. The van der Waals surface area contributed by atoms with Gasteiger partial charge in [0, 0.05) is 0 Å². The molecule has 122 valence electrons. The van der Waals surface area contributed by atoms with Crippen molar-refractivity contribution >= 4 is 21.7 Å². The van der Waals surface area contributed by atoms with Gasteiger partial charge in [0.25, 0.3) is 0 Å². The number of hydrogen-bond acceptors (Lipinski definition) is 3. The first-order valence-corrected chi connectivity index (χ1v) is 8.98. The maximum Gasteiger partial charge on any atom is 0.335 e. The Bertz CT molecular complexity index is 800. The number of aryl methyl sites for hydroxylation is 2. The molecule has 0 spiro atoms. The SMILES string of the molecule is CCS(=O)(=O)Nc1ccccc1CCc1ccccc1C(=O)O. The van der Waals surface area contributed by atoms with E-state index in [9.17, 15) is 18.3 Å². The standard InChI is InChI=1S/C17H19NO4S/c1-2-23(21,22)18-16-10-6-4-8-14(16)12-11-13-7-3-5-9-15(13)17(19)20/h3-10,18H,2,11-12H2,1H3,(H,19,20). The largest absolute Gasteiger partial charge is 0.478 e. The maximum atomic E-state index is 11.7. The zero-order valence-corrected chi connectivity index (χ0v) is 13.6. The van der Waals surface area contributed by atoms with Gasteiger partial charge in [-0.3, -0.25) is 4.72 Å². The van der Waals surface area contributed by atoms with Crippen molar-refractivity contribution < 1.29 is 18.3 Å². The minimum atomic E-state index is -3.34. The third-order valence-electron chi connectivity index (χ3n) is 3.57. The summed E-state index contributed by atoms with van der Waals surface area (Å²) in [5.74, 6) is -0.955. The number of sulfonamides is 1. The summed E-state index contributed by atoms with van der Waals surface area (Å²) in [6.07, 6.45) is 1.07. The van der Waals surface area contributed by atoms with Gasteiger partial charge < -0.3 is 5.11 Å². The summed E-state index contributed by atoms with van der Waals surface area (Å²) in [7, 11) is -3.34. The second kappa shape index (κ2) is 7.28. The first-order chi connectivity index (χ1) is 10.9. The van der Waals surface area contributed by atoms with Crippen molar-refractivity contribution in [3.05, 3.63) is 65.2 Å². The highest BCUT2D eigenvalue weighted by Crippen LogP contribution is 2.20. The van der Waals surface area contributed by atoms with Crippen LogP contribution in [0.1, 0.15) is 28.4 Å². The zero-order valence-electron chi connectivity index (χ0n) is 12.8. The highest BCUT2D eigenvalue weighted by Gasteiger charge is 2.12. The molecule has 2 aromatic carbocycles. The highest BCUT2D eigenvalue weighted by molar-refractivity contribution is 7.92. The van der Waals surface area contributed by atoms with E-state index in [0.717, 1.165) is 11.1 Å². The summed E-state index contributed by atoms with van der Waals surface area (Å²) in [6, 6.07) is 14.0. The molecule has 23 heavy (non-hydrogen) atoms. The molecule has 2 N–H and O–H groups in total. The summed E-state index contributed by atoms with van der Waals surface area (Å²) in [5, 5.41) is 9.21. The number of benzene rings is 2. The van der Waals surface area contributed by atoms with Gasteiger partial charge in [-0.2, -0.15) is 0 Å². The molecule has 5 nitrogen and oxygen atoms in total. The minimum absolute atomic E-state index is 0.00316. The van der Waals surface area contributed by atoms with Gasteiger partial charge in [0.2, 0.25) is 10.0 Å². The topological polar surface area (TPSA) is 83.5 Å². The van der Waals surface area contributed by atoms with E-state index in [-0.39, 0.29) is 11.3 Å². The second-order valence-corrected chi connectivity index (χ2v) is 7.14. The Kier molecular flexibility index (Phi) is 5.39. The monoisotopic (exact) mass is 333 g/mol. The average molecular weight is 333 g/mol. The molecule has 0 aromatic heterocycles. The number of carboxylic acid groups (broad SMARTS) is 1. The molecule has 0 aliphatic rings. The van der Waals surface area contributed by atoms with Crippen LogP contribution in [0.4, 0.5) is 5.69 Å². The van der Waals surface area contributed by atoms with Crippen molar-refractivity contribution in [1.29, 1.82) is 0 Å². The number of carboxylic acids is 1. The van der Waals surface area contributed by atoms with Gasteiger partial charge in [-0.1, -0.05) is 36.4 Å². The Morgan fingerprint density at radius 2 is 1.57 bits per heavy atom. The number of nitrogens with one attached hydrogen (secondary N) is 1. The maximum absolute atomic E-state index is 11.7. The van der Waals surface area contributed by atoms with Crippen molar-refractivity contribution in [2.45, 2.75) is 19.8 Å². The lowest BCUT2D eigenvalue weighted by Gasteiger charge is -2.12. The molecule has 2 rings (SSSR count). The van der Waals surface area contributed by atoms with Crippen LogP contribution in [0.15, 0.2) is 48.5 Å². The molecular weight excluding hydrogens is 314 g/mol. The summed E-state index contributed by atoms with van der Waals surface area (Å²) < 4.78 is 26.1. The van der Waals surface area contributed by atoms with Crippen molar-refractivity contribution in [2.75, 3.05) is 10.5 Å². The first kappa shape index (κ1) is 17.0. The van der Waals surface area contributed by atoms with E-state index in [1.54, 1.807) is 43.3 Å². The van der Waals surface area contributed by atoms with E-state index in [2.05, 4.69) is 4.72 Å². The summed E-state index contributed by atoms with van der Waals surface area (Å²) in [5.41, 5.74) is 2.39. The predicted molar refractivity (Wildman–Crippen MR) is 90.3 cm³/mol. The molecule has 0 saturated carbocycles. The summed E-state index contributed by atoms with van der Waals surface area (Å²) in [6.45, 7) is 1.58. The number of carbonyl (C=O) groups is 1. The second-order valence-electron chi connectivity index (χ2n) is 5.12. The fraction of sp³-hybridized carbons (Fsp3) is 0.235. The van der Waals surface area contributed by atoms with Crippen LogP contribution in [0, 0.1) is 0 Å². The number of anilines is 1. The van der Waals surface area contributed by atoms with E-state index in [0.29, 0.717) is 18.5 Å². The number of rotatable bonds is 7. The quantitative estimate of drug-likeness (QED) is 0.816. The molecule has 0 bridgehead atoms. The van der Waals surface area contributed by atoms with E-state index in [1.807, 2.05) is 12.1 Å². The molecule has 0 aliphatic heterocycles. The zero-order chi connectivity index (χ0) is 16.9. The average Bonchev–Trinajstić information content (AvgIpc) is 2.54. The Morgan fingerprint density at radius 3 is 2.22 bits per heavy atom. The van der Waals surface area contributed by atoms with Crippen molar-refractivity contribution in [3.8, 4) is 0 Å². The first-order valence-electron chi connectivity index (χ1n) is 7.32. The molecule has 0 radical (unpaired) electrons. The lowest BCUT2D eigenvalue weighted by Crippen LogP contribution is -2.16. The molecule has 0 saturated heterocycles. The molecular formula is C17H19NO4S. The van der Waals surface area contributed by atoms with E-state index >= 15 is 0 Å². The van der Waals surface area contributed by atoms with Crippen LogP contribution in [0.25, 0.3) is 0 Å². The Morgan fingerprint density at radius 1 is 1.00 bits per heavy atom. The third kappa shape index (κ3) is 4.56. The minimum Gasteiger partial charge on any atom is -0.478 e. The predicted octanol–water partition coefficient (Wildman–Crippen LogP) is 2.93. The normalized spacial score (nSPS) is 11.2. The van der Waals surface area contributed by atoms with Crippen molar-refractivity contribution in [1.82, 2.24) is 0 Å². The lowest BCUT2D eigenvalue weighted by molar-refractivity contribution is 0.0695. The van der Waals surface area contributed by atoms with Crippen LogP contribution in [0.3, 0.4) is 0 Å². The summed E-state index contributed by atoms with van der Waals surface area (Å²) in [4.78, 5) is 11.2. The third-order valence-corrected chi connectivity index (χ3v) is 4.87. The highest BCUT2D eigenvalue weighted by atomic mass is 32.2. The molecule has 0 unspecified atom stereocenters.